The average Bonchev–Trinajstić information content (AvgIpc) is 2.29. The second kappa shape index (κ2) is 5.14. The molecule has 1 heterocycles. The lowest BCUT2D eigenvalue weighted by atomic mass is 9.81. The van der Waals surface area contributed by atoms with Crippen LogP contribution in [-0.2, 0) is 4.52 Å². The Hall–Kier alpha value is -0.300. The SMILES string of the molecule is CC(C)(C)C1COP(Cl)N(c2ccccc2)C1. The summed E-state index contributed by atoms with van der Waals surface area (Å²) in [7, 11) is -1.000. The lowest BCUT2D eigenvalue weighted by Gasteiger charge is -2.42. The van der Waals surface area contributed by atoms with Gasteiger partial charge in [0.15, 0.2) is 0 Å². The minimum absolute atomic E-state index is 0.251. The Morgan fingerprint density at radius 3 is 2.53 bits per heavy atom. The highest BCUT2D eigenvalue weighted by atomic mass is 35.7. The zero-order valence-corrected chi connectivity index (χ0v) is 12.2. The molecule has 2 unspecified atom stereocenters. The van der Waals surface area contributed by atoms with E-state index < -0.39 is 7.65 Å². The lowest BCUT2D eigenvalue weighted by Crippen LogP contribution is -2.39. The number of nitrogens with zero attached hydrogens (tertiary/aromatic N) is 1. The fourth-order valence-electron chi connectivity index (χ4n) is 1.87. The monoisotopic (exact) mass is 271 g/mol. The highest BCUT2D eigenvalue weighted by Crippen LogP contribution is 2.54. The predicted octanol–water partition coefficient (Wildman–Crippen LogP) is 4.65. The van der Waals surface area contributed by atoms with E-state index in [2.05, 4.69) is 37.6 Å². The number of halogens is 1. The summed E-state index contributed by atoms with van der Waals surface area (Å²) in [6.45, 7) is 8.51. The normalized spacial score (nSPS) is 26.0. The third-order valence-corrected chi connectivity index (χ3v) is 5.22. The van der Waals surface area contributed by atoms with Crippen molar-refractivity contribution in [3.8, 4) is 0 Å². The van der Waals surface area contributed by atoms with Gasteiger partial charge in [-0.3, -0.25) is 0 Å². The van der Waals surface area contributed by atoms with Gasteiger partial charge in [0.1, 0.15) is 0 Å². The minimum atomic E-state index is -1.000. The van der Waals surface area contributed by atoms with E-state index in [1.807, 2.05) is 18.2 Å². The van der Waals surface area contributed by atoms with E-state index in [4.69, 9.17) is 15.8 Å². The van der Waals surface area contributed by atoms with Crippen LogP contribution in [0.5, 0.6) is 0 Å². The molecule has 1 fully saturated rings. The number of hydrogen-bond acceptors (Lipinski definition) is 2. The summed E-state index contributed by atoms with van der Waals surface area (Å²) >= 11 is 6.30. The van der Waals surface area contributed by atoms with Crippen LogP contribution in [0.1, 0.15) is 20.8 Å². The van der Waals surface area contributed by atoms with Crippen LogP contribution in [0.25, 0.3) is 0 Å². The Balaban J connectivity index is 2.16. The first-order valence-electron chi connectivity index (χ1n) is 5.90. The van der Waals surface area contributed by atoms with Gasteiger partial charge in [-0.2, -0.15) is 0 Å². The maximum atomic E-state index is 6.30. The van der Waals surface area contributed by atoms with Crippen molar-refractivity contribution in [2.45, 2.75) is 20.8 Å². The molecule has 0 radical (unpaired) electrons. The van der Waals surface area contributed by atoms with Gasteiger partial charge in [-0.1, -0.05) is 39.0 Å². The molecule has 1 aromatic carbocycles. The number of hydrogen-bond donors (Lipinski definition) is 0. The largest absolute Gasteiger partial charge is 0.327 e. The molecule has 2 atom stereocenters. The van der Waals surface area contributed by atoms with E-state index in [0.717, 1.165) is 18.8 Å². The van der Waals surface area contributed by atoms with E-state index in [9.17, 15) is 0 Å². The standard InChI is InChI=1S/C13H19ClNOP/c1-13(2,3)11-9-15(17(14)16-10-11)12-7-5-4-6-8-12/h4-8,11H,9-10H2,1-3H3. The van der Waals surface area contributed by atoms with Crippen molar-refractivity contribution < 1.29 is 4.52 Å². The van der Waals surface area contributed by atoms with Gasteiger partial charge in [0.05, 0.1) is 6.61 Å². The summed E-state index contributed by atoms with van der Waals surface area (Å²) in [4.78, 5) is 0. The maximum absolute atomic E-state index is 6.30. The van der Waals surface area contributed by atoms with Crippen molar-refractivity contribution in [3.05, 3.63) is 30.3 Å². The molecule has 0 spiro atoms. The van der Waals surface area contributed by atoms with Crippen LogP contribution in [0.15, 0.2) is 30.3 Å². The number of anilines is 1. The zero-order valence-electron chi connectivity index (χ0n) is 10.6. The van der Waals surface area contributed by atoms with Gasteiger partial charge in [-0.15, -0.1) is 0 Å². The van der Waals surface area contributed by atoms with Gasteiger partial charge >= 0.3 is 0 Å². The van der Waals surface area contributed by atoms with Crippen molar-refractivity contribution in [1.29, 1.82) is 0 Å². The Bertz CT molecular complexity index is 365. The van der Waals surface area contributed by atoms with Crippen LogP contribution in [0.3, 0.4) is 0 Å². The van der Waals surface area contributed by atoms with Crippen LogP contribution >= 0.6 is 18.9 Å². The topological polar surface area (TPSA) is 12.5 Å². The highest BCUT2D eigenvalue weighted by Gasteiger charge is 2.35. The third-order valence-electron chi connectivity index (χ3n) is 3.24. The summed E-state index contributed by atoms with van der Waals surface area (Å²) in [5, 5.41) is 0. The Morgan fingerprint density at radius 2 is 1.94 bits per heavy atom. The summed E-state index contributed by atoms with van der Waals surface area (Å²) in [5.74, 6) is 0.514. The molecule has 4 heteroatoms. The Kier molecular flexibility index (Phi) is 3.97. The van der Waals surface area contributed by atoms with Crippen LogP contribution < -0.4 is 4.67 Å². The second-order valence-electron chi connectivity index (χ2n) is 5.50. The minimum Gasteiger partial charge on any atom is -0.327 e. The van der Waals surface area contributed by atoms with Gasteiger partial charge in [0.2, 0.25) is 7.65 Å². The van der Waals surface area contributed by atoms with Gasteiger partial charge in [-0.05, 0) is 28.8 Å². The number of benzene rings is 1. The first-order chi connectivity index (χ1) is 7.98. The molecule has 0 amide bonds. The van der Waals surface area contributed by atoms with Crippen LogP contribution in [0, 0.1) is 11.3 Å². The number of para-hydroxylation sites is 1. The molecule has 0 bridgehead atoms. The molecule has 1 aliphatic heterocycles. The van der Waals surface area contributed by atoms with E-state index in [0.29, 0.717) is 5.92 Å². The Morgan fingerprint density at radius 1 is 1.29 bits per heavy atom. The van der Waals surface area contributed by atoms with Gasteiger partial charge in [-0.25, -0.2) is 0 Å². The quantitative estimate of drug-likeness (QED) is 0.689. The average molecular weight is 272 g/mol. The summed E-state index contributed by atoms with van der Waals surface area (Å²) in [6.07, 6.45) is 0. The first-order valence-corrected chi connectivity index (χ1v) is 8.01. The molecule has 1 aliphatic rings. The molecule has 0 aliphatic carbocycles. The molecule has 94 valence electrons. The van der Waals surface area contributed by atoms with Crippen molar-refractivity contribution in [3.63, 3.8) is 0 Å². The molecule has 2 nitrogen and oxygen atoms in total. The summed E-state index contributed by atoms with van der Waals surface area (Å²) in [5.41, 5.74) is 1.41. The molecule has 2 rings (SSSR count). The van der Waals surface area contributed by atoms with Crippen molar-refractivity contribution in [1.82, 2.24) is 0 Å². The second-order valence-corrected chi connectivity index (χ2v) is 7.56. The Labute approximate surface area is 110 Å². The smallest absolute Gasteiger partial charge is 0.236 e. The molecule has 1 saturated heterocycles. The first kappa shape index (κ1) is 13.1. The molecule has 1 aromatic rings. The predicted molar refractivity (Wildman–Crippen MR) is 75.5 cm³/mol. The molecule has 0 saturated carbocycles. The molecule has 0 aromatic heterocycles. The van der Waals surface area contributed by atoms with Gasteiger partial charge < -0.3 is 9.19 Å². The molecule has 0 N–H and O–H groups in total. The number of rotatable bonds is 1. The fourth-order valence-corrected chi connectivity index (χ4v) is 3.57. The molecule has 17 heavy (non-hydrogen) atoms. The van der Waals surface area contributed by atoms with E-state index in [-0.39, 0.29) is 5.41 Å². The fraction of sp³-hybridized carbons (Fsp3) is 0.538. The zero-order chi connectivity index (χ0) is 12.5. The van der Waals surface area contributed by atoms with Gasteiger partial charge in [0, 0.05) is 18.2 Å². The van der Waals surface area contributed by atoms with Crippen molar-refractivity contribution >= 4 is 24.6 Å². The molecular weight excluding hydrogens is 253 g/mol. The highest BCUT2D eigenvalue weighted by molar-refractivity contribution is 7.81. The van der Waals surface area contributed by atoms with Crippen LogP contribution in [0.2, 0.25) is 0 Å². The maximum Gasteiger partial charge on any atom is 0.236 e. The summed E-state index contributed by atoms with van der Waals surface area (Å²) in [6, 6.07) is 10.3. The van der Waals surface area contributed by atoms with E-state index >= 15 is 0 Å². The van der Waals surface area contributed by atoms with Crippen molar-refractivity contribution in [2.75, 3.05) is 17.8 Å². The van der Waals surface area contributed by atoms with Crippen LogP contribution in [0.4, 0.5) is 5.69 Å². The van der Waals surface area contributed by atoms with Crippen LogP contribution in [-0.4, -0.2) is 13.2 Å². The van der Waals surface area contributed by atoms with E-state index in [1.54, 1.807) is 0 Å². The summed E-state index contributed by atoms with van der Waals surface area (Å²) < 4.78 is 7.93. The molecular formula is C13H19ClNOP. The van der Waals surface area contributed by atoms with E-state index in [1.165, 1.54) is 0 Å². The third kappa shape index (κ3) is 3.13. The van der Waals surface area contributed by atoms with Crippen molar-refractivity contribution in [2.24, 2.45) is 11.3 Å². The van der Waals surface area contributed by atoms with Gasteiger partial charge in [0.25, 0.3) is 0 Å². The lowest BCUT2D eigenvalue weighted by molar-refractivity contribution is 0.150.